The fourth-order valence-corrected chi connectivity index (χ4v) is 6.78. The van der Waals surface area contributed by atoms with E-state index in [1.165, 1.54) is 4.68 Å². The first-order valence-electron chi connectivity index (χ1n) is 10.8. The van der Waals surface area contributed by atoms with Crippen molar-refractivity contribution in [1.29, 1.82) is 0 Å². The van der Waals surface area contributed by atoms with Crippen LogP contribution in [0.5, 0.6) is 11.5 Å². The number of nitrogens with one attached hydrogen (secondary N) is 1. The van der Waals surface area contributed by atoms with Crippen molar-refractivity contribution in [3.8, 4) is 11.5 Å². The molecule has 4 bridgehead atoms. The van der Waals surface area contributed by atoms with Gasteiger partial charge in [0, 0.05) is 23.9 Å². The van der Waals surface area contributed by atoms with E-state index in [1.54, 1.807) is 38.6 Å². The standard InChI is InChI=1S/C23H26ClN3O5/c1-31-16-4-15(5-17(6-16)32-2)26-18-11-25-27(20(28)19(18)24)23-9-13-3-14(10-23)8-22(7-13,12-23)21(29)30/h4-6,11,13-14,26H,3,7-10,12H2,1-2H3,(H,29,30)/t13-,14-,22?,23?/m0/s1. The largest absolute Gasteiger partial charge is 0.497 e. The number of benzene rings is 1. The molecule has 170 valence electrons. The van der Waals surface area contributed by atoms with Crippen molar-refractivity contribution >= 4 is 28.9 Å². The Balaban J connectivity index is 1.50. The third-order valence-corrected chi connectivity index (χ3v) is 7.85. The zero-order valence-corrected chi connectivity index (χ0v) is 18.8. The van der Waals surface area contributed by atoms with Crippen LogP contribution in [0.4, 0.5) is 11.4 Å². The number of hydrogen-bond donors (Lipinski definition) is 2. The smallest absolute Gasteiger partial charge is 0.309 e. The lowest BCUT2D eigenvalue weighted by Gasteiger charge is -2.60. The lowest BCUT2D eigenvalue weighted by atomic mass is 9.47. The highest BCUT2D eigenvalue weighted by atomic mass is 35.5. The molecular formula is C23H26ClN3O5. The molecular weight excluding hydrogens is 434 g/mol. The molecule has 0 spiro atoms. The SMILES string of the molecule is COc1cc(Nc2cnn(C34C[C@H]5C[C@@H](CC(C(=O)O)(C5)C3)C4)c(=O)c2Cl)cc(OC)c1. The number of anilines is 2. The predicted molar refractivity (Wildman–Crippen MR) is 119 cm³/mol. The Morgan fingerprint density at radius 2 is 1.78 bits per heavy atom. The van der Waals surface area contributed by atoms with E-state index in [9.17, 15) is 14.7 Å². The average Bonchev–Trinajstić information content (AvgIpc) is 2.75. The summed E-state index contributed by atoms with van der Waals surface area (Å²) in [6.45, 7) is 0. The van der Waals surface area contributed by atoms with Crippen molar-refractivity contribution in [2.24, 2.45) is 17.3 Å². The van der Waals surface area contributed by atoms with Gasteiger partial charge in [-0.25, -0.2) is 4.68 Å². The molecule has 1 heterocycles. The summed E-state index contributed by atoms with van der Waals surface area (Å²) in [7, 11) is 3.12. The molecule has 4 fully saturated rings. The summed E-state index contributed by atoms with van der Waals surface area (Å²) >= 11 is 6.52. The molecule has 4 saturated carbocycles. The number of carboxylic acid groups (broad SMARTS) is 1. The molecule has 6 rings (SSSR count). The Morgan fingerprint density at radius 1 is 1.16 bits per heavy atom. The van der Waals surface area contributed by atoms with Gasteiger partial charge in [-0.15, -0.1) is 0 Å². The Labute approximate surface area is 190 Å². The Morgan fingerprint density at radius 3 is 2.34 bits per heavy atom. The summed E-state index contributed by atoms with van der Waals surface area (Å²) < 4.78 is 12.1. The molecule has 0 aliphatic heterocycles. The molecule has 9 heteroatoms. The van der Waals surface area contributed by atoms with Gasteiger partial charge < -0.3 is 19.9 Å². The maximum absolute atomic E-state index is 13.3. The third-order valence-electron chi connectivity index (χ3n) is 7.48. The van der Waals surface area contributed by atoms with Gasteiger partial charge in [-0.2, -0.15) is 5.10 Å². The number of carbonyl (C=O) groups is 1. The van der Waals surface area contributed by atoms with Crippen molar-refractivity contribution in [1.82, 2.24) is 9.78 Å². The van der Waals surface area contributed by atoms with E-state index >= 15 is 0 Å². The molecule has 32 heavy (non-hydrogen) atoms. The minimum atomic E-state index is -0.758. The topological polar surface area (TPSA) is 103 Å². The van der Waals surface area contributed by atoms with E-state index in [1.807, 2.05) is 0 Å². The summed E-state index contributed by atoms with van der Waals surface area (Å²) in [5.74, 6) is 1.05. The first-order chi connectivity index (χ1) is 15.3. The predicted octanol–water partition coefficient (Wildman–Crippen LogP) is 4.04. The Bertz CT molecular complexity index is 1110. The first kappa shape index (κ1) is 21.1. The Hall–Kier alpha value is -2.74. The molecule has 4 aliphatic rings. The van der Waals surface area contributed by atoms with Gasteiger partial charge >= 0.3 is 5.97 Å². The van der Waals surface area contributed by atoms with Crippen molar-refractivity contribution < 1.29 is 19.4 Å². The number of hydrogen-bond acceptors (Lipinski definition) is 6. The maximum atomic E-state index is 13.3. The quantitative estimate of drug-likeness (QED) is 0.672. The number of carboxylic acids is 1. The molecule has 4 aliphatic carbocycles. The van der Waals surface area contributed by atoms with E-state index in [4.69, 9.17) is 21.1 Å². The van der Waals surface area contributed by atoms with Crippen LogP contribution in [0.1, 0.15) is 38.5 Å². The van der Waals surface area contributed by atoms with Gasteiger partial charge in [0.2, 0.25) is 0 Å². The van der Waals surface area contributed by atoms with Gasteiger partial charge in [-0.05, 0) is 50.4 Å². The monoisotopic (exact) mass is 459 g/mol. The van der Waals surface area contributed by atoms with Gasteiger partial charge in [0.05, 0.1) is 37.1 Å². The van der Waals surface area contributed by atoms with Gasteiger partial charge in [0.15, 0.2) is 0 Å². The van der Waals surface area contributed by atoms with E-state index in [0.717, 1.165) is 19.3 Å². The molecule has 2 atom stereocenters. The van der Waals surface area contributed by atoms with Crippen LogP contribution in [0.15, 0.2) is 29.2 Å². The van der Waals surface area contributed by atoms with Crippen LogP contribution in [-0.4, -0.2) is 35.1 Å². The summed E-state index contributed by atoms with van der Waals surface area (Å²) in [5.41, 5.74) is -0.719. The normalized spacial score (nSPS) is 30.2. The average molecular weight is 460 g/mol. The van der Waals surface area contributed by atoms with Crippen LogP contribution < -0.4 is 20.3 Å². The summed E-state index contributed by atoms with van der Waals surface area (Å²) in [5, 5.41) is 17.7. The fourth-order valence-electron chi connectivity index (χ4n) is 6.61. The number of nitrogens with zero attached hydrogens (tertiary/aromatic N) is 2. The first-order valence-corrected chi connectivity index (χ1v) is 11.2. The molecule has 0 unspecified atom stereocenters. The number of halogens is 1. The van der Waals surface area contributed by atoms with E-state index in [2.05, 4.69) is 10.4 Å². The molecule has 8 nitrogen and oxygen atoms in total. The molecule has 2 aromatic rings. The summed E-state index contributed by atoms with van der Waals surface area (Å²) in [6, 6.07) is 5.27. The number of aromatic nitrogens is 2. The van der Waals surface area contributed by atoms with E-state index < -0.39 is 22.5 Å². The fraction of sp³-hybridized carbons (Fsp3) is 0.522. The van der Waals surface area contributed by atoms with Crippen molar-refractivity contribution in [2.45, 2.75) is 44.1 Å². The zero-order valence-electron chi connectivity index (χ0n) is 18.1. The minimum Gasteiger partial charge on any atom is -0.497 e. The summed E-state index contributed by atoms with van der Waals surface area (Å²) in [6.07, 6.45) is 5.97. The van der Waals surface area contributed by atoms with Crippen LogP contribution in [0, 0.1) is 17.3 Å². The number of methoxy groups -OCH3 is 2. The van der Waals surface area contributed by atoms with Crippen LogP contribution in [0.2, 0.25) is 5.02 Å². The van der Waals surface area contributed by atoms with Gasteiger partial charge in [0.1, 0.15) is 16.5 Å². The van der Waals surface area contributed by atoms with Gasteiger partial charge in [-0.3, -0.25) is 9.59 Å². The number of aliphatic carboxylic acids is 1. The second-order valence-corrected chi connectivity index (χ2v) is 9.96. The highest BCUT2D eigenvalue weighted by molar-refractivity contribution is 6.33. The van der Waals surface area contributed by atoms with E-state index in [-0.39, 0.29) is 5.02 Å². The van der Waals surface area contributed by atoms with Crippen molar-refractivity contribution in [2.75, 3.05) is 19.5 Å². The van der Waals surface area contributed by atoms with Gasteiger partial charge in [0.25, 0.3) is 5.56 Å². The second kappa shape index (κ2) is 7.40. The lowest BCUT2D eigenvalue weighted by molar-refractivity contribution is -0.173. The Kier molecular flexibility index (Phi) is 4.89. The lowest BCUT2D eigenvalue weighted by Crippen LogP contribution is -2.61. The minimum absolute atomic E-state index is 0.0295. The molecule has 0 saturated heterocycles. The van der Waals surface area contributed by atoms with E-state index in [0.29, 0.717) is 54.0 Å². The molecule has 1 aromatic carbocycles. The van der Waals surface area contributed by atoms with Gasteiger partial charge in [-0.1, -0.05) is 11.6 Å². The molecule has 0 radical (unpaired) electrons. The van der Waals surface area contributed by atoms with Crippen molar-refractivity contribution in [3.63, 3.8) is 0 Å². The molecule has 2 N–H and O–H groups in total. The molecule has 1 aromatic heterocycles. The molecule has 0 amide bonds. The third kappa shape index (κ3) is 3.23. The highest BCUT2D eigenvalue weighted by Crippen LogP contribution is 2.63. The zero-order chi connectivity index (χ0) is 22.7. The maximum Gasteiger partial charge on any atom is 0.309 e. The van der Waals surface area contributed by atoms with Crippen LogP contribution >= 0.6 is 11.6 Å². The van der Waals surface area contributed by atoms with Crippen LogP contribution in [0.3, 0.4) is 0 Å². The van der Waals surface area contributed by atoms with Crippen LogP contribution in [0.25, 0.3) is 0 Å². The van der Waals surface area contributed by atoms with Crippen molar-refractivity contribution in [3.05, 3.63) is 39.8 Å². The summed E-state index contributed by atoms with van der Waals surface area (Å²) in [4.78, 5) is 25.5. The van der Waals surface area contributed by atoms with Crippen LogP contribution in [-0.2, 0) is 10.3 Å². The number of ether oxygens (including phenoxy) is 2. The number of rotatable bonds is 6. The second-order valence-electron chi connectivity index (χ2n) is 9.59. The highest BCUT2D eigenvalue weighted by Gasteiger charge is 2.62.